The molecular formula is C12H12ClN3. The lowest BCUT2D eigenvalue weighted by Crippen LogP contribution is -1.99. The summed E-state index contributed by atoms with van der Waals surface area (Å²) in [6.07, 6.45) is 1.70. The number of pyridine rings is 1. The molecule has 0 atom stereocenters. The average molecular weight is 234 g/mol. The number of aryl methyl sites for hydroxylation is 1. The molecule has 0 bridgehead atoms. The van der Waals surface area contributed by atoms with Gasteiger partial charge in [0.1, 0.15) is 0 Å². The molecule has 3 N–H and O–H groups in total. The van der Waals surface area contributed by atoms with Crippen molar-refractivity contribution in [1.82, 2.24) is 4.98 Å². The van der Waals surface area contributed by atoms with E-state index in [1.54, 1.807) is 18.3 Å². The normalized spacial score (nSPS) is 10.1. The summed E-state index contributed by atoms with van der Waals surface area (Å²) >= 11 is 5.88. The van der Waals surface area contributed by atoms with Gasteiger partial charge in [-0.1, -0.05) is 11.6 Å². The number of hydrogen-bond acceptors (Lipinski definition) is 3. The van der Waals surface area contributed by atoms with Crippen molar-refractivity contribution < 1.29 is 0 Å². The fraction of sp³-hybridized carbons (Fsp3) is 0.0833. The van der Waals surface area contributed by atoms with Gasteiger partial charge in [0.25, 0.3) is 0 Å². The predicted octanol–water partition coefficient (Wildman–Crippen LogP) is 3.37. The van der Waals surface area contributed by atoms with E-state index in [2.05, 4.69) is 10.3 Å². The monoisotopic (exact) mass is 233 g/mol. The van der Waals surface area contributed by atoms with Crippen LogP contribution in [-0.2, 0) is 0 Å². The molecule has 0 spiro atoms. The molecule has 1 aromatic carbocycles. The van der Waals surface area contributed by atoms with Crippen LogP contribution in [-0.4, -0.2) is 4.98 Å². The number of nitrogen functional groups attached to an aromatic ring is 1. The number of anilines is 3. The maximum atomic E-state index is 5.88. The highest BCUT2D eigenvalue weighted by Gasteiger charge is 2.02. The molecule has 0 saturated heterocycles. The Morgan fingerprint density at radius 1 is 1.31 bits per heavy atom. The molecule has 4 heteroatoms. The Hall–Kier alpha value is -1.74. The number of nitrogens with zero attached hydrogens (tertiary/aromatic N) is 1. The van der Waals surface area contributed by atoms with Gasteiger partial charge < -0.3 is 11.1 Å². The molecule has 82 valence electrons. The van der Waals surface area contributed by atoms with Crippen LogP contribution in [0.1, 0.15) is 5.56 Å². The van der Waals surface area contributed by atoms with E-state index in [4.69, 9.17) is 17.3 Å². The van der Waals surface area contributed by atoms with Crippen molar-refractivity contribution in [1.29, 1.82) is 0 Å². The molecule has 2 aromatic rings. The van der Waals surface area contributed by atoms with Gasteiger partial charge in [-0.3, -0.25) is 0 Å². The molecule has 16 heavy (non-hydrogen) atoms. The third kappa shape index (κ3) is 2.25. The maximum absolute atomic E-state index is 5.88. The van der Waals surface area contributed by atoms with Crippen molar-refractivity contribution in [2.45, 2.75) is 6.92 Å². The highest BCUT2D eigenvalue weighted by Crippen LogP contribution is 2.24. The molecule has 0 aliphatic rings. The molecule has 2 rings (SSSR count). The van der Waals surface area contributed by atoms with Crippen molar-refractivity contribution in [2.75, 3.05) is 11.1 Å². The minimum absolute atomic E-state index is 0.622. The summed E-state index contributed by atoms with van der Waals surface area (Å²) < 4.78 is 0. The Labute approximate surface area is 99.3 Å². The summed E-state index contributed by atoms with van der Waals surface area (Å²) in [5.41, 5.74) is 8.43. The van der Waals surface area contributed by atoms with E-state index in [1.807, 2.05) is 25.1 Å². The van der Waals surface area contributed by atoms with Gasteiger partial charge in [0, 0.05) is 16.9 Å². The lowest BCUT2D eigenvalue weighted by Gasteiger charge is -2.10. The van der Waals surface area contributed by atoms with Crippen molar-refractivity contribution >= 4 is 28.8 Å². The second-order valence-corrected chi connectivity index (χ2v) is 3.96. The van der Waals surface area contributed by atoms with Gasteiger partial charge >= 0.3 is 0 Å². The smallest absolute Gasteiger partial charge is 0.153 e. The van der Waals surface area contributed by atoms with Crippen LogP contribution in [0.3, 0.4) is 0 Å². The second kappa shape index (κ2) is 4.41. The van der Waals surface area contributed by atoms with E-state index in [0.29, 0.717) is 11.5 Å². The van der Waals surface area contributed by atoms with Crippen LogP contribution >= 0.6 is 11.6 Å². The number of halogens is 1. The molecule has 0 aliphatic carbocycles. The Morgan fingerprint density at radius 3 is 2.81 bits per heavy atom. The summed E-state index contributed by atoms with van der Waals surface area (Å²) in [4.78, 5) is 4.17. The first-order valence-electron chi connectivity index (χ1n) is 4.90. The molecule has 0 unspecified atom stereocenters. The van der Waals surface area contributed by atoms with E-state index in [1.165, 1.54) is 0 Å². The zero-order valence-corrected chi connectivity index (χ0v) is 9.62. The summed E-state index contributed by atoms with van der Waals surface area (Å²) in [5.74, 6) is 0.660. The Kier molecular flexibility index (Phi) is 2.97. The number of rotatable bonds is 2. The number of aromatic nitrogens is 1. The van der Waals surface area contributed by atoms with Crippen LogP contribution in [0.4, 0.5) is 17.2 Å². The lowest BCUT2D eigenvalue weighted by molar-refractivity contribution is 1.30. The number of hydrogen-bond donors (Lipinski definition) is 2. The SMILES string of the molecule is Cc1cc(Cl)ccc1Nc1ncccc1N. The van der Waals surface area contributed by atoms with Gasteiger partial charge in [0.2, 0.25) is 0 Å². The third-order valence-electron chi connectivity index (χ3n) is 2.28. The molecule has 0 aliphatic heterocycles. The average Bonchev–Trinajstić information content (AvgIpc) is 2.25. The predicted molar refractivity (Wildman–Crippen MR) is 68.1 cm³/mol. The quantitative estimate of drug-likeness (QED) is 0.836. The molecule has 3 nitrogen and oxygen atoms in total. The number of nitrogens with two attached hydrogens (primary N) is 1. The van der Waals surface area contributed by atoms with Crippen LogP contribution in [0, 0.1) is 6.92 Å². The largest absolute Gasteiger partial charge is 0.396 e. The van der Waals surface area contributed by atoms with Gasteiger partial charge in [-0.2, -0.15) is 0 Å². The molecule has 0 fully saturated rings. The van der Waals surface area contributed by atoms with Crippen molar-refractivity contribution in [3.05, 3.63) is 47.1 Å². The molecule has 1 aromatic heterocycles. The van der Waals surface area contributed by atoms with Gasteiger partial charge in [0.05, 0.1) is 5.69 Å². The molecule has 0 saturated carbocycles. The van der Waals surface area contributed by atoms with E-state index in [-0.39, 0.29) is 0 Å². The zero-order chi connectivity index (χ0) is 11.5. The van der Waals surface area contributed by atoms with Crippen molar-refractivity contribution in [3.63, 3.8) is 0 Å². The summed E-state index contributed by atoms with van der Waals surface area (Å²) in [5, 5.41) is 3.89. The summed E-state index contributed by atoms with van der Waals surface area (Å²) in [7, 11) is 0. The first kappa shape index (κ1) is 10.8. The molecule has 0 radical (unpaired) electrons. The van der Waals surface area contributed by atoms with Crippen molar-refractivity contribution in [3.8, 4) is 0 Å². The Bertz CT molecular complexity index is 511. The molecular weight excluding hydrogens is 222 g/mol. The van der Waals surface area contributed by atoms with Gasteiger partial charge in [-0.05, 0) is 42.8 Å². The van der Waals surface area contributed by atoms with Crippen LogP contribution in [0.25, 0.3) is 0 Å². The van der Waals surface area contributed by atoms with Crippen LogP contribution in [0.5, 0.6) is 0 Å². The minimum Gasteiger partial charge on any atom is -0.396 e. The van der Waals surface area contributed by atoms with Gasteiger partial charge in [-0.15, -0.1) is 0 Å². The fourth-order valence-electron chi connectivity index (χ4n) is 1.42. The van der Waals surface area contributed by atoms with Gasteiger partial charge in [-0.25, -0.2) is 4.98 Å². The van der Waals surface area contributed by atoms with Crippen LogP contribution in [0.2, 0.25) is 5.02 Å². The Morgan fingerprint density at radius 2 is 2.12 bits per heavy atom. The second-order valence-electron chi connectivity index (χ2n) is 3.53. The topological polar surface area (TPSA) is 50.9 Å². The highest BCUT2D eigenvalue weighted by molar-refractivity contribution is 6.30. The Balaban J connectivity index is 2.31. The fourth-order valence-corrected chi connectivity index (χ4v) is 1.64. The summed E-state index contributed by atoms with van der Waals surface area (Å²) in [6, 6.07) is 9.24. The summed E-state index contributed by atoms with van der Waals surface area (Å²) in [6.45, 7) is 1.98. The zero-order valence-electron chi connectivity index (χ0n) is 8.87. The highest BCUT2D eigenvalue weighted by atomic mass is 35.5. The van der Waals surface area contributed by atoms with E-state index in [9.17, 15) is 0 Å². The first-order valence-corrected chi connectivity index (χ1v) is 5.28. The van der Waals surface area contributed by atoms with Crippen LogP contribution in [0.15, 0.2) is 36.5 Å². The van der Waals surface area contributed by atoms with E-state index in [0.717, 1.165) is 16.3 Å². The third-order valence-corrected chi connectivity index (χ3v) is 2.52. The van der Waals surface area contributed by atoms with Crippen LogP contribution < -0.4 is 11.1 Å². The van der Waals surface area contributed by atoms with Crippen molar-refractivity contribution in [2.24, 2.45) is 0 Å². The van der Waals surface area contributed by atoms with E-state index < -0.39 is 0 Å². The maximum Gasteiger partial charge on any atom is 0.153 e. The molecule has 0 amide bonds. The van der Waals surface area contributed by atoms with Gasteiger partial charge in [0.15, 0.2) is 5.82 Å². The first-order chi connectivity index (χ1) is 7.66. The minimum atomic E-state index is 0.622. The molecule has 1 heterocycles. The number of nitrogens with one attached hydrogen (secondary N) is 1. The van der Waals surface area contributed by atoms with E-state index >= 15 is 0 Å². The number of benzene rings is 1. The lowest BCUT2D eigenvalue weighted by atomic mass is 10.2. The standard InChI is InChI=1S/C12H12ClN3/c1-8-7-9(13)4-5-11(8)16-12-10(14)3-2-6-15-12/h2-7H,14H2,1H3,(H,15,16).